The molecule has 1 amide bonds. The van der Waals surface area contributed by atoms with Gasteiger partial charge in [-0.25, -0.2) is 0 Å². The Labute approximate surface area is 222 Å². The molecule has 4 aromatic rings. The maximum Gasteiger partial charge on any atom is 0.255 e. The van der Waals surface area contributed by atoms with Gasteiger partial charge in [0.25, 0.3) is 5.91 Å². The van der Waals surface area contributed by atoms with Crippen LogP contribution in [0, 0.1) is 11.3 Å². The Morgan fingerprint density at radius 3 is 2.50 bits per heavy atom. The number of amides is 1. The number of para-hydroxylation sites is 1. The molecule has 0 saturated carbocycles. The molecule has 0 unspecified atom stereocenters. The summed E-state index contributed by atoms with van der Waals surface area (Å²) in [4.78, 5) is 16.9. The summed E-state index contributed by atoms with van der Waals surface area (Å²) in [6.45, 7) is 3.65. The van der Waals surface area contributed by atoms with Gasteiger partial charge in [-0.1, -0.05) is 18.2 Å². The first-order valence-corrected chi connectivity index (χ1v) is 12.8. The number of nitriles is 1. The number of aryl methyl sites for hydroxylation is 2. The van der Waals surface area contributed by atoms with E-state index in [4.69, 9.17) is 9.47 Å². The maximum absolute atomic E-state index is 13.6. The smallest absolute Gasteiger partial charge is 0.255 e. The van der Waals surface area contributed by atoms with Crippen molar-refractivity contribution in [2.24, 2.45) is 0 Å². The van der Waals surface area contributed by atoms with Gasteiger partial charge in [0.05, 0.1) is 37.0 Å². The summed E-state index contributed by atoms with van der Waals surface area (Å²) in [5.41, 5.74) is 6.86. The Kier molecular flexibility index (Phi) is 7.08. The van der Waals surface area contributed by atoms with Crippen LogP contribution in [0.2, 0.25) is 0 Å². The minimum Gasteiger partial charge on any atom is -0.495 e. The Hall–Kier alpha value is -4.28. The van der Waals surface area contributed by atoms with E-state index in [1.54, 1.807) is 7.11 Å². The van der Waals surface area contributed by atoms with Crippen molar-refractivity contribution >= 4 is 16.8 Å². The van der Waals surface area contributed by atoms with E-state index in [0.29, 0.717) is 29.0 Å². The van der Waals surface area contributed by atoms with E-state index in [2.05, 4.69) is 16.4 Å². The minimum atomic E-state index is -0.480. The number of benzene rings is 3. The van der Waals surface area contributed by atoms with E-state index in [1.807, 2.05) is 68.6 Å². The van der Waals surface area contributed by atoms with Crippen molar-refractivity contribution < 1.29 is 19.4 Å². The number of ether oxygens (including phenoxy) is 2. The molecule has 3 aromatic carbocycles. The molecule has 1 aliphatic carbocycles. The second-order valence-electron chi connectivity index (χ2n) is 9.91. The number of aromatic amines is 1. The van der Waals surface area contributed by atoms with Crippen LogP contribution in [0.15, 0.2) is 54.7 Å². The molecular weight excluding hydrogens is 478 g/mol. The van der Waals surface area contributed by atoms with Crippen molar-refractivity contribution in [2.45, 2.75) is 45.3 Å². The van der Waals surface area contributed by atoms with Gasteiger partial charge in [-0.2, -0.15) is 5.26 Å². The van der Waals surface area contributed by atoms with Crippen LogP contribution in [-0.2, 0) is 19.3 Å². The van der Waals surface area contributed by atoms with Crippen LogP contribution in [0.25, 0.3) is 22.0 Å². The summed E-state index contributed by atoms with van der Waals surface area (Å²) >= 11 is 0. The molecule has 1 aliphatic rings. The lowest BCUT2D eigenvalue weighted by Gasteiger charge is -2.25. The van der Waals surface area contributed by atoms with Crippen LogP contribution >= 0.6 is 0 Å². The number of nitrogens with one attached hydrogen (secondary N) is 2. The van der Waals surface area contributed by atoms with Crippen molar-refractivity contribution in [3.63, 3.8) is 0 Å². The first kappa shape index (κ1) is 25.4. The zero-order chi connectivity index (χ0) is 26.8. The molecule has 0 bridgehead atoms. The number of carbonyl (C=O) groups excluding carboxylic acids is 1. The maximum atomic E-state index is 13.6. The molecule has 0 saturated heterocycles. The second-order valence-corrected chi connectivity index (χ2v) is 9.91. The Balaban J connectivity index is 1.50. The molecule has 1 atom stereocenters. The summed E-state index contributed by atoms with van der Waals surface area (Å²) in [6, 6.07) is 17.2. The van der Waals surface area contributed by atoms with Gasteiger partial charge < -0.3 is 24.9 Å². The number of nitrogens with zero attached hydrogens (tertiary/aromatic N) is 1. The summed E-state index contributed by atoms with van der Waals surface area (Å²) in [6.07, 6.45) is 3.86. The van der Waals surface area contributed by atoms with Crippen LogP contribution in [0.4, 0.5) is 0 Å². The predicted octanol–water partition coefficient (Wildman–Crippen LogP) is 4.93. The number of fused-ring (bicyclic) bond motifs is 4. The van der Waals surface area contributed by atoms with Crippen molar-refractivity contribution in [3.05, 3.63) is 82.5 Å². The third-order valence-corrected chi connectivity index (χ3v) is 7.01. The predicted molar refractivity (Wildman–Crippen MR) is 147 cm³/mol. The number of aliphatic hydroxyl groups excluding tert-OH is 1. The number of carbonyl (C=O) groups is 1. The van der Waals surface area contributed by atoms with E-state index in [9.17, 15) is 15.2 Å². The van der Waals surface area contributed by atoms with Gasteiger partial charge in [0.2, 0.25) is 0 Å². The second kappa shape index (κ2) is 10.6. The Morgan fingerprint density at radius 1 is 1.11 bits per heavy atom. The monoisotopic (exact) mass is 509 g/mol. The number of H-pyrrole nitrogens is 1. The summed E-state index contributed by atoms with van der Waals surface area (Å²) in [5, 5.41) is 23.9. The number of methoxy groups -OCH3 is 1. The fraction of sp³-hybridized carbons (Fsp3) is 0.290. The first-order valence-electron chi connectivity index (χ1n) is 12.8. The SMILES string of the molecule is COc1cc2c(cc1C#N)-c1cc(C(=O)N[C@@H](CO)Cc3c[nH]c4ccccc34)c(OC(C)C)cc1CC2. The zero-order valence-electron chi connectivity index (χ0n) is 21.8. The van der Waals surface area contributed by atoms with Crippen LogP contribution in [0.1, 0.15) is 46.5 Å². The van der Waals surface area contributed by atoms with Crippen LogP contribution in [0.3, 0.4) is 0 Å². The summed E-state index contributed by atoms with van der Waals surface area (Å²) in [5.74, 6) is 0.747. The molecule has 1 heterocycles. The van der Waals surface area contributed by atoms with Gasteiger partial charge in [0, 0.05) is 17.1 Å². The molecule has 5 rings (SSSR count). The molecule has 1 aromatic heterocycles. The van der Waals surface area contributed by atoms with E-state index < -0.39 is 6.04 Å². The number of hydrogen-bond acceptors (Lipinski definition) is 5. The first-order chi connectivity index (χ1) is 18.4. The normalized spacial score (nSPS) is 12.9. The lowest BCUT2D eigenvalue weighted by Crippen LogP contribution is -2.39. The molecular formula is C31H31N3O4. The molecule has 0 radical (unpaired) electrons. The summed E-state index contributed by atoms with van der Waals surface area (Å²) in [7, 11) is 1.56. The van der Waals surface area contributed by atoms with E-state index in [-0.39, 0.29) is 18.6 Å². The quantitative estimate of drug-likeness (QED) is 0.312. The zero-order valence-corrected chi connectivity index (χ0v) is 21.8. The molecule has 194 valence electrons. The number of hydrogen-bond donors (Lipinski definition) is 3. The van der Waals surface area contributed by atoms with Gasteiger partial charge in [-0.15, -0.1) is 0 Å². The van der Waals surface area contributed by atoms with Crippen molar-refractivity contribution in [2.75, 3.05) is 13.7 Å². The Morgan fingerprint density at radius 2 is 1.82 bits per heavy atom. The Bertz CT molecular complexity index is 1550. The molecule has 3 N–H and O–H groups in total. The molecule has 7 heteroatoms. The third-order valence-electron chi connectivity index (χ3n) is 7.01. The standard InChI is InChI=1S/C31H31N3O4/c1-18(2)38-30-13-20-9-8-19-12-29(37-3)21(15-32)11-25(19)26(20)14-27(30)31(36)34-23(17-35)10-22-16-33-28-7-5-4-6-24(22)28/h4-7,11-14,16,18,23,33,35H,8-10,17H2,1-3H3,(H,34,36)/t23-/m1/s1. The van der Waals surface area contributed by atoms with Crippen molar-refractivity contribution in [1.82, 2.24) is 10.3 Å². The van der Waals surface area contributed by atoms with Gasteiger partial charge in [-0.3, -0.25) is 4.79 Å². The van der Waals surface area contributed by atoms with Crippen LogP contribution < -0.4 is 14.8 Å². The van der Waals surface area contributed by atoms with Crippen LogP contribution in [-0.4, -0.2) is 41.9 Å². The van der Waals surface area contributed by atoms with Crippen LogP contribution in [0.5, 0.6) is 11.5 Å². The average Bonchev–Trinajstić information content (AvgIpc) is 3.33. The number of aromatic nitrogens is 1. The van der Waals surface area contributed by atoms with Gasteiger partial charge in [-0.05, 0) is 91.3 Å². The van der Waals surface area contributed by atoms with Crippen molar-refractivity contribution in [3.8, 4) is 28.7 Å². The fourth-order valence-corrected chi connectivity index (χ4v) is 5.20. The van der Waals surface area contributed by atoms with Gasteiger partial charge in [0.1, 0.15) is 17.6 Å². The van der Waals surface area contributed by atoms with E-state index in [0.717, 1.165) is 51.6 Å². The molecule has 0 fully saturated rings. The largest absolute Gasteiger partial charge is 0.495 e. The average molecular weight is 510 g/mol. The minimum absolute atomic E-state index is 0.121. The summed E-state index contributed by atoms with van der Waals surface area (Å²) < 4.78 is 11.5. The topological polar surface area (TPSA) is 107 Å². The van der Waals surface area contributed by atoms with E-state index in [1.165, 1.54) is 0 Å². The highest BCUT2D eigenvalue weighted by Crippen LogP contribution is 2.40. The van der Waals surface area contributed by atoms with Gasteiger partial charge >= 0.3 is 0 Å². The van der Waals surface area contributed by atoms with E-state index >= 15 is 0 Å². The highest BCUT2D eigenvalue weighted by molar-refractivity contribution is 5.99. The molecule has 38 heavy (non-hydrogen) atoms. The third kappa shape index (κ3) is 4.83. The van der Waals surface area contributed by atoms with Crippen molar-refractivity contribution in [1.29, 1.82) is 5.26 Å². The van der Waals surface area contributed by atoms with Gasteiger partial charge in [0.15, 0.2) is 0 Å². The molecule has 0 spiro atoms. The highest BCUT2D eigenvalue weighted by atomic mass is 16.5. The highest BCUT2D eigenvalue weighted by Gasteiger charge is 2.25. The molecule has 7 nitrogen and oxygen atoms in total. The lowest BCUT2D eigenvalue weighted by molar-refractivity contribution is 0.0910. The molecule has 0 aliphatic heterocycles. The lowest BCUT2D eigenvalue weighted by atomic mass is 9.83. The fourth-order valence-electron chi connectivity index (χ4n) is 5.20. The number of aliphatic hydroxyl groups is 1. The number of rotatable bonds is 8.